The van der Waals surface area contributed by atoms with Crippen LogP contribution in [-0.4, -0.2) is 0 Å². The molecule has 0 saturated heterocycles. The van der Waals surface area contributed by atoms with Crippen LogP contribution in [0.3, 0.4) is 0 Å². The van der Waals surface area contributed by atoms with E-state index in [4.69, 9.17) is 0 Å². The van der Waals surface area contributed by atoms with Crippen LogP contribution >= 0.6 is 11.3 Å². The van der Waals surface area contributed by atoms with Gasteiger partial charge in [0.2, 0.25) is 0 Å². The van der Waals surface area contributed by atoms with Crippen molar-refractivity contribution in [2.24, 2.45) is 0 Å². The molecule has 0 fully saturated rings. The predicted octanol–water partition coefficient (Wildman–Crippen LogP) is 4.76. The minimum atomic E-state index is 0.255. The van der Waals surface area contributed by atoms with E-state index in [1.807, 2.05) is 11.3 Å². The lowest BCUT2D eigenvalue weighted by atomic mass is 9.86. The number of thiophene rings is 1. The molecule has 0 radical (unpaired) electrons. The second kappa shape index (κ2) is 3.64. The zero-order chi connectivity index (χ0) is 11.1. The van der Waals surface area contributed by atoms with Gasteiger partial charge in [0, 0.05) is 4.70 Å². The summed E-state index contributed by atoms with van der Waals surface area (Å²) < 4.78 is 1.41. The molecule has 1 aromatic carbocycles. The van der Waals surface area contributed by atoms with Gasteiger partial charge < -0.3 is 0 Å². The van der Waals surface area contributed by atoms with Crippen LogP contribution in [0.4, 0.5) is 0 Å². The van der Waals surface area contributed by atoms with E-state index in [-0.39, 0.29) is 5.41 Å². The Bertz CT molecular complexity index is 472. The molecule has 2 rings (SSSR count). The summed E-state index contributed by atoms with van der Waals surface area (Å²) in [7, 11) is 0. The normalized spacial score (nSPS) is 12.3. The fraction of sp³-hybridized carbons (Fsp3) is 0.429. The molecule has 0 aliphatic carbocycles. The zero-order valence-electron chi connectivity index (χ0n) is 9.92. The Morgan fingerprint density at radius 1 is 1.20 bits per heavy atom. The van der Waals surface area contributed by atoms with E-state index in [0.717, 1.165) is 6.42 Å². The number of rotatable bonds is 1. The Morgan fingerprint density at radius 3 is 2.53 bits per heavy atom. The summed E-state index contributed by atoms with van der Waals surface area (Å²) >= 11 is 1.86. The molecule has 0 atom stereocenters. The molecule has 0 N–H and O–H groups in total. The van der Waals surface area contributed by atoms with E-state index in [0.29, 0.717) is 0 Å². The highest BCUT2D eigenvalue weighted by Gasteiger charge is 2.18. The maximum absolute atomic E-state index is 2.35. The van der Waals surface area contributed by atoms with Crippen LogP contribution in [0.2, 0.25) is 0 Å². The van der Waals surface area contributed by atoms with Crippen molar-refractivity contribution in [3.8, 4) is 0 Å². The van der Waals surface area contributed by atoms with Crippen molar-refractivity contribution in [1.82, 2.24) is 0 Å². The summed E-state index contributed by atoms with van der Waals surface area (Å²) in [5.74, 6) is 0. The van der Waals surface area contributed by atoms with Gasteiger partial charge in [-0.1, -0.05) is 39.8 Å². The van der Waals surface area contributed by atoms with Gasteiger partial charge in [-0.05, 0) is 39.8 Å². The molecular weight excluding hydrogens is 200 g/mol. The van der Waals surface area contributed by atoms with E-state index in [9.17, 15) is 0 Å². The number of benzene rings is 1. The summed E-state index contributed by atoms with van der Waals surface area (Å²) in [4.78, 5) is 0. The van der Waals surface area contributed by atoms with Gasteiger partial charge in [-0.15, -0.1) is 11.3 Å². The van der Waals surface area contributed by atoms with Crippen molar-refractivity contribution < 1.29 is 0 Å². The van der Waals surface area contributed by atoms with Crippen molar-refractivity contribution in [1.29, 1.82) is 0 Å². The third-order valence-electron chi connectivity index (χ3n) is 2.85. The highest BCUT2D eigenvalue weighted by molar-refractivity contribution is 7.17. The Hall–Kier alpha value is -0.820. The second-order valence-corrected chi connectivity index (χ2v) is 5.99. The van der Waals surface area contributed by atoms with Crippen molar-refractivity contribution in [3.63, 3.8) is 0 Å². The Kier molecular flexibility index (Phi) is 2.59. The van der Waals surface area contributed by atoms with Gasteiger partial charge >= 0.3 is 0 Å². The summed E-state index contributed by atoms with van der Waals surface area (Å²) in [6, 6.07) is 6.85. The Morgan fingerprint density at radius 2 is 1.93 bits per heavy atom. The molecule has 0 aliphatic rings. The van der Waals surface area contributed by atoms with Gasteiger partial charge in [-0.3, -0.25) is 0 Å². The highest BCUT2D eigenvalue weighted by atomic mass is 32.1. The molecule has 80 valence electrons. The molecule has 1 heterocycles. The average molecular weight is 218 g/mol. The minimum absolute atomic E-state index is 0.255. The van der Waals surface area contributed by atoms with Crippen LogP contribution in [0, 0.1) is 0 Å². The van der Waals surface area contributed by atoms with Crippen molar-refractivity contribution in [3.05, 3.63) is 34.7 Å². The highest BCUT2D eigenvalue weighted by Crippen LogP contribution is 2.35. The van der Waals surface area contributed by atoms with Crippen LogP contribution in [0.1, 0.15) is 38.8 Å². The quantitative estimate of drug-likeness (QED) is 0.647. The van der Waals surface area contributed by atoms with Gasteiger partial charge in [-0.25, -0.2) is 0 Å². The standard InChI is InChI=1S/C14H18S/c1-5-10-6-7-13-11(8-10)12(9-15-13)14(2,3)4/h6-9H,5H2,1-4H3. The molecular formula is C14H18S. The smallest absolute Gasteiger partial charge is 0.0345 e. The van der Waals surface area contributed by atoms with Crippen molar-refractivity contribution >= 4 is 21.4 Å². The van der Waals surface area contributed by atoms with Gasteiger partial charge in [0.25, 0.3) is 0 Å². The SMILES string of the molecule is CCc1ccc2scc(C(C)(C)C)c2c1. The molecule has 0 saturated carbocycles. The van der Waals surface area contributed by atoms with Gasteiger partial charge in [-0.2, -0.15) is 0 Å². The van der Waals surface area contributed by atoms with Crippen LogP contribution < -0.4 is 0 Å². The lowest BCUT2D eigenvalue weighted by molar-refractivity contribution is 0.598. The van der Waals surface area contributed by atoms with E-state index >= 15 is 0 Å². The Labute approximate surface area is 95.9 Å². The summed E-state index contributed by atoms with van der Waals surface area (Å²) in [6.07, 6.45) is 1.12. The van der Waals surface area contributed by atoms with Crippen molar-refractivity contribution in [2.75, 3.05) is 0 Å². The first-order chi connectivity index (χ1) is 7.02. The van der Waals surface area contributed by atoms with Gasteiger partial charge in [0.05, 0.1) is 0 Å². The molecule has 15 heavy (non-hydrogen) atoms. The fourth-order valence-corrected chi connectivity index (χ4v) is 3.04. The number of hydrogen-bond donors (Lipinski definition) is 0. The molecule has 0 nitrogen and oxygen atoms in total. The lowest BCUT2D eigenvalue weighted by Gasteiger charge is -2.17. The summed E-state index contributed by atoms with van der Waals surface area (Å²) in [5, 5.41) is 3.76. The van der Waals surface area contributed by atoms with E-state index in [2.05, 4.69) is 51.3 Å². The van der Waals surface area contributed by atoms with Gasteiger partial charge in [0.15, 0.2) is 0 Å². The predicted molar refractivity (Wildman–Crippen MR) is 69.9 cm³/mol. The first-order valence-electron chi connectivity index (χ1n) is 5.53. The van der Waals surface area contributed by atoms with Crippen molar-refractivity contribution in [2.45, 2.75) is 39.5 Å². The molecule has 0 amide bonds. The van der Waals surface area contributed by atoms with E-state index < -0.39 is 0 Å². The largest absolute Gasteiger partial charge is 0.144 e. The second-order valence-electron chi connectivity index (χ2n) is 5.08. The van der Waals surface area contributed by atoms with E-state index in [1.165, 1.54) is 21.2 Å². The summed E-state index contributed by atoms with van der Waals surface area (Å²) in [6.45, 7) is 9.07. The molecule has 1 heteroatoms. The van der Waals surface area contributed by atoms with Crippen LogP contribution in [0.25, 0.3) is 10.1 Å². The minimum Gasteiger partial charge on any atom is -0.144 e. The molecule has 0 unspecified atom stereocenters. The first kappa shape index (κ1) is 10.7. The third kappa shape index (κ3) is 1.93. The molecule has 0 aliphatic heterocycles. The molecule has 0 bridgehead atoms. The monoisotopic (exact) mass is 218 g/mol. The lowest BCUT2D eigenvalue weighted by Crippen LogP contribution is -2.09. The van der Waals surface area contributed by atoms with Crippen LogP contribution in [-0.2, 0) is 11.8 Å². The molecule has 0 spiro atoms. The first-order valence-corrected chi connectivity index (χ1v) is 6.41. The van der Waals surface area contributed by atoms with E-state index in [1.54, 1.807) is 0 Å². The topological polar surface area (TPSA) is 0 Å². The average Bonchev–Trinajstić information content (AvgIpc) is 2.59. The number of fused-ring (bicyclic) bond motifs is 1. The maximum atomic E-state index is 2.35. The molecule has 1 aromatic heterocycles. The van der Waals surface area contributed by atoms with Gasteiger partial charge in [0.1, 0.15) is 0 Å². The third-order valence-corrected chi connectivity index (χ3v) is 3.82. The number of aryl methyl sites for hydroxylation is 1. The molecule has 2 aromatic rings. The fourth-order valence-electron chi connectivity index (χ4n) is 1.88. The van der Waals surface area contributed by atoms with Crippen LogP contribution in [0.15, 0.2) is 23.6 Å². The summed E-state index contributed by atoms with van der Waals surface area (Å²) in [5.41, 5.74) is 3.18. The van der Waals surface area contributed by atoms with Crippen LogP contribution in [0.5, 0.6) is 0 Å². The Balaban J connectivity index is 2.67. The number of hydrogen-bond acceptors (Lipinski definition) is 1. The zero-order valence-corrected chi connectivity index (χ0v) is 10.7. The maximum Gasteiger partial charge on any atom is 0.0345 e.